The molecule has 0 bridgehead atoms. The van der Waals surface area contributed by atoms with Crippen LogP contribution in [0.3, 0.4) is 0 Å². The molecule has 1 aromatic carbocycles. The van der Waals surface area contributed by atoms with Crippen molar-refractivity contribution in [1.29, 1.82) is 0 Å². The second kappa shape index (κ2) is 6.49. The van der Waals surface area contributed by atoms with Gasteiger partial charge in [-0.15, -0.1) is 0 Å². The van der Waals surface area contributed by atoms with E-state index in [1.54, 1.807) is 0 Å². The van der Waals surface area contributed by atoms with Crippen LogP contribution in [-0.4, -0.2) is 10.7 Å². The molecule has 1 heteroatoms. The zero-order chi connectivity index (χ0) is 11.9. The molecule has 88 valence electrons. The van der Waals surface area contributed by atoms with Gasteiger partial charge in [-0.3, -0.25) is 0 Å². The summed E-state index contributed by atoms with van der Waals surface area (Å²) < 4.78 is 0. The van der Waals surface area contributed by atoms with Crippen molar-refractivity contribution in [3.63, 3.8) is 0 Å². The van der Waals surface area contributed by atoms with E-state index in [9.17, 15) is 5.11 Å². The van der Waals surface area contributed by atoms with Crippen molar-refractivity contribution in [3.05, 3.63) is 42.0 Å². The van der Waals surface area contributed by atoms with E-state index in [0.717, 1.165) is 18.4 Å². The van der Waals surface area contributed by atoms with Crippen molar-refractivity contribution in [2.45, 2.75) is 45.1 Å². The first-order valence-corrected chi connectivity index (χ1v) is 6.11. The van der Waals surface area contributed by atoms with Gasteiger partial charge in [0.05, 0.1) is 5.60 Å². The SMILES string of the molecule is CCCCCC(C)(O)C=Cc1ccccc1. The molecular formula is C15H22O. The van der Waals surface area contributed by atoms with Crippen LogP contribution in [0, 0.1) is 0 Å². The third kappa shape index (κ3) is 5.13. The van der Waals surface area contributed by atoms with Gasteiger partial charge < -0.3 is 5.11 Å². The maximum absolute atomic E-state index is 10.1. The molecule has 0 aliphatic carbocycles. The molecule has 0 saturated heterocycles. The molecule has 0 radical (unpaired) electrons. The van der Waals surface area contributed by atoms with E-state index in [1.165, 1.54) is 12.8 Å². The van der Waals surface area contributed by atoms with E-state index < -0.39 is 5.60 Å². The summed E-state index contributed by atoms with van der Waals surface area (Å²) in [4.78, 5) is 0. The highest BCUT2D eigenvalue weighted by Crippen LogP contribution is 2.17. The van der Waals surface area contributed by atoms with Crippen LogP contribution < -0.4 is 0 Å². The summed E-state index contributed by atoms with van der Waals surface area (Å²) in [5.74, 6) is 0. The predicted molar refractivity (Wildman–Crippen MR) is 70.2 cm³/mol. The maximum Gasteiger partial charge on any atom is 0.0802 e. The smallest absolute Gasteiger partial charge is 0.0802 e. The largest absolute Gasteiger partial charge is 0.386 e. The van der Waals surface area contributed by atoms with Gasteiger partial charge in [-0.2, -0.15) is 0 Å². The summed E-state index contributed by atoms with van der Waals surface area (Å²) in [6, 6.07) is 10.1. The summed E-state index contributed by atoms with van der Waals surface area (Å²) in [5, 5.41) is 10.1. The fraction of sp³-hybridized carbons (Fsp3) is 0.467. The van der Waals surface area contributed by atoms with E-state index >= 15 is 0 Å². The zero-order valence-electron chi connectivity index (χ0n) is 10.3. The van der Waals surface area contributed by atoms with Crippen LogP contribution in [0.25, 0.3) is 6.08 Å². The Morgan fingerprint density at radius 2 is 1.88 bits per heavy atom. The lowest BCUT2D eigenvalue weighted by atomic mass is 9.97. The number of hydrogen-bond acceptors (Lipinski definition) is 1. The Hall–Kier alpha value is -1.08. The Bertz CT molecular complexity index is 311. The Kier molecular flexibility index (Phi) is 5.27. The minimum absolute atomic E-state index is 0.676. The summed E-state index contributed by atoms with van der Waals surface area (Å²) in [6.45, 7) is 4.05. The first-order chi connectivity index (χ1) is 7.64. The Labute approximate surface area is 98.8 Å². The lowest BCUT2D eigenvalue weighted by Gasteiger charge is -2.18. The molecule has 0 aromatic heterocycles. The molecule has 1 aromatic rings. The number of unbranched alkanes of at least 4 members (excludes halogenated alkanes) is 2. The molecule has 0 heterocycles. The molecule has 16 heavy (non-hydrogen) atoms. The lowest BCUT2D eigenvalue weighted by molar-refractivity contribution is 0.0995. The van der Waals surface area contributed by atoms with Crippen LogP contribution in [0.2, 0.25) is 0 Å². The second-order valence-corrected chi connectivity index (χ2v) is 4.56. The molecule has 0 fully saturated rings. The number of hydrogen-bond donors (Lipinski definition) is 1. The van der Waals surface area contributed by atoms with Crippen molar-refractivity contribution in [1.82, 2.24) is 0 Å². The molecular weight excluding hydrogens is 196 g/mol. The summed E-state index contributed by atoms with van der Waals surface area (Å²) in [7, 11) is 0. The van der Waals surface area contributed by atoms with E-state index in [0.29, 0.717) is 0 Å². The maximum atomic E-state index is 10.1. The highest BCUT2D eigenvalue weighted by atomic mass is 16.3. The van der Waals surface area contributed by atoms with Gasteiger partial charge in [-0.05, 0) is 18.9 Å². The minimum Gasteiger partial charge on any atom is -0.386 e. The minimum atomic E-state index is -0.676. The van der Waals surface area contributed by atoms with Crippen LogP contribution in [0.1, 0.15) is 45.1 Å². The van der Waals surface area contributed by atoms with Crippen molar-refractivity contribution in [2.75, 3.05) is 0 Å². The zero-order valence-corrected chi connectivity index (χ0v) is 10.3. The fourth-order valence-electron chi connectivity index (χ4n) is 1.66. The standard InChI is InChI=1S/C15H22O/c1-3-4-8-12-15(2,16)13-11-14-9-6-5-7-10-14/h5-7,9-11,13,16H,3-4,8,12H2,1-2H3. The lowest BCUT2D eigenvalue weighted by Crippen LogP contribution is -2.20. The van der Waals surface area contributed by atoms with Gasteiger partial charge in [0.25, 0.3) is 0 Å². The van der Waals surface area contributed by atoms with Crippen LogP contribution >= 0.6 is 0 Å². The molecule has 0 aliphatic rings. The van der Waals surface area contributed by atoms with Crippen molar-refractivity contribution in [3.8, 4) is 0 Å². The Morgan fingerprint density at radius 1 is 1.19 bits per heavy atom. The Morgan fingerprint density at radius 3 is 2.50 bits per heavy atom. The van der Waals surface area contributed by atoms with Crippen LogP contribution in [-0.2, 0) is 0 Å². The summed E-state index contributed by atoms with van der Waals surface area (Å²) in [5.41, 5.74) is 0.462. The van der Waals surface area contributed by atoms with Crippen LogP contribution in [0.15, 0.2) is 36.4 Å². The molecule has 1 rings (SSSR count). The molecule has 1 nitrogen and oxygen atoms in total. The Balaban J connectivity index is 2.48. The molecule has 0 saturated carbocycles. The van der Waals surface area contributed by atoms with E-state index in [4.69, 9.17) is 0 Å². The van der Waals surface area contributed by atoms with Gasteiger partial charge in [0.15, 0.2) is 0 Å². The predicted octanol–water partition coefficient (Wildman–Crippen LogP) is 4.03. The molecule has 0 aliphatic heterocycles. The van der Waals surface area contributed by atoms with E-state index in [-0.39, 0.29) is 0 Å². The van der Waals surface area contributed by atoms with Gasteiger partial charge in [-0.25, -0.2) is 0 Å². The average molecular weight is 218 g/mol. The number of benzene rings is 1. The molecule has 1 N–H and O–H groups in total. The third-order valence-electron chi connectivity index (χ3n) is 2.72. The van der Waals surface area contributed by atoms with Crippen molar-refractivity contribution >= 4 is 6.08 Å². The monoisotopic (exact) mass is 218 g/mol. The average Bonchev–Trinajstić information content (AvgIpc) is 2.28. The highest BCUT2D eigenvalue weighted by molar-refractivity contribution is 5.49. The highest BCUT2D eigenvalue weighted by Gasteiger charge is 2.14. The van der Waals surface area contributed by atoms with Crippen molar-refractivity contribution < 1.29 is 5.11 Å². The molecule has 1 unspecified atom stereocenters. The van der Waals surface area contributed by atoms with E-state index in [2.05, 4.69) is 6.92 Å². The molecule has 0 amide bonds. The number of aliphatic hydroxyl groups is 1. The van der Waals surface area contributed by atoms with Crippen molar-refractivity contribution in [2.24, 2.45) is 0 Å². The normalized spacial score (nSPS) is 15.2. The van der Waals surface area contributed by atoms with Gasteiger partial charge in [0.1, 0.15) is 0 Å². The quantitative estimate of drug-likeness (QED) is 0.715. The second-order valence-electron chi connectivity index (χ2n) is 4.56. The number of rotatable bonds is 6. The topological polar surface area (TPSA) is 20.2 Å². The summed E-state index contributed by atoms with van der Waals surface area (Å²) >= 11 is 0. The molecule has 0 spiro atoms. The summed E-state index contributed by atoms with van der Waals surface area (Å²) in [6.07, 6.45) is 8.20. The molecule has 1 atom stereocenters. The van der Waals surface area contributed by atoms with Crippen LogP contribution in [0.4, 0.5) is 0 Å². The first kappa shape index (κ1) is 13.0. The fourth-order valence-corrected chi connectivity index (χ4v) is 1.66. The van der Waals surface area contributed by atoms with Gasteiger partial charge in [0.2, 0.25) is 0 Å². The van der Waals surface area contributed by atoms with Gasteiger partial charge >= 0.3 is 0 Å². The van der Waals surface area contributed by atoms with Crippen LogP contribution in [0.5, 0.6) is 0 Å². The third-order valence-corrected chi connectivity index (χ3v) is 2.72. The van der Waals surface area contributed by atoms with Gasteiger partial charge in [0, 0.05) is 0 Å². The van der Waals surface area contributed by atoms with Gasteiger partial charge in [-0.1, -0.05) is 68.7 Å². The van der Waals surface area contributed by atoms with E-state index in [1.807, 2.05) is 49.4 Å². The first-order valence-electron chi connectivity index (χ1n) is 6.11.